The molecule has 1 rings (SSSR count). The van der Waals surface area contributed by atoms with Crippen LogP contribution in [0.15, 0.2) is 24.3 Å². The lowest BCUT2D eigenvalue weighted by molar-refractivity contribution is 0.402. The Bertz CT molecular complexity index is 684. The van der Waals surface area contributed by atoms with Crippen LogP contribution < -0.4 is 9.44 Å². The van der Waals surface area contributed by atoms with Gasteiger partial charge in [0, 0.05) is 19.6 Å². The third kappa shape index (κ3) is 5.62. The zero-order valence-electron chi connectivity index (χ0n) is 12.5. The Morgan fingerprint density at radius 1 is 1.14 bits per heavy atom. The maximum absolute atomic E-state index is 12.0. The molecule has 0 radical (unpaired) electrons. The number of benzene rings is 1. The van der Waals surface area contributed by atoms with E-state index in [2.05, 4.69) is 9.44 Å². The summed E-state index contributed by atoms with van der Waals surface area (Å²) in [6.07, 6.45) is 1.04. The van der Waals surface area contributed by atoms with Crippen molar-refractivity contribution in [2.75, 3.05) is 18.0 Å². The second-order valence-electron chi connectivity index (χ2n) is 4.97. The minimum absolute atomic E-state index is 0.00190. The number of hydrogen-bond acceptors (Lipinski definition) is 4. The Hall–Kier alpha value is -1.16. The molecule has 0 spiro atoms. The van der Waals surface area contributed by atoms with E-state index in [0.29, 0.717) is 11.3 Å². The van der Waals surface area contributed by atoms with Gasteiger partial charge in [-0.25, -0.2) is 8.42 Å². The van der Waals surface area contributed by atoms with Gasteiger partial charge >= 0.3 is 0 Å². The highest BCUT2D eigenvalue weighted by atomic mass is 32.2. The van der Waals surface area contributed by atoms with Gasteiger partial charge in [-0.05, 0) is 25.5 Å². The second-order valence-corrected chi connectivity index (χ2v) is 8.53. The largest absolute Gasteiger partial charge is 0.283 e. The van der Waals surface area contributed by atoms with Crippen molar-refractivity contribution in [1.82, 2.24) is 9.03 Å². The van der Waals surface area contributed by atoms with Gasteiger partial charge in [-0.15, -0.1) is 0 Å². The van der Waals surface area contributed by atoms with Gasteiger partial charge in [0.25, 0.3) is 10.2 Å². The van der Waals surface area contributed by atoms with Crippen molar-refractivity contribution in [3.8, 4) is 0 Å². The van der Waals surface area contributed by atoms with E-state index in [9.17, 15) is 16.8 Å². The van der Waals surface area contributed by atoms with Gasteiger partial charge in [-0.2, -0.15) is 17.4 Å². The zero-order valence-corrected chi connectivity index (χ0v) is 14.1. The molecule has 21 heavy (non-hydrogen) atoms. The monoisotopic (exact) mass is 335 g/mol. The van der Waals surface area contributed by atoms with Crippen LogP contribution in [0.5, 0.6) is 0 Å². The number of nitrogens with zero attached hydrogens (tertiary/aromatic N) is 1. The molecular weight excluding hydrogens is 314 g/mol. The summed E-state index contributed by atoms with van der Waals surface area (Å²) >= 11 is 0. The SMILES string of the molecule is CC(C)N(C)S(=O)(=O)NCc1ccccc1NS(C)(=O)=O. The second kappa shape index (κ2) is 6.73. The molecule has 1 aromatic rings. The van der Waals surface area contributed by atoms with Crippen molar-refractivity contribution in [1.29, 1.82) is 0 Å². The van der Waals surface area contributed by atoms with Gasteiger partial charge in [0.15, 0.2) is 0 Å². The molecule has 1 aromatic carbocycles. The van der Waals surface area contributed by atoms with E-state index in [1.54, 1.807) is 38.1 Å². The van der Waals surface area contributed by atoms with Crippen LogP contribution in [-0.2, 0) is 26.8 Å². The molecule has 0 atom stereocenters. The highest BCUT2D eigenvalue weighted by Crippen LogP contribution is 2.16. The lowest BCUT2D eigenvalue weighted by Crippen LogP contribution is -2.41. The molecule has 120 valence electrons. The minimum Gasteiger partial charge on any atom is -0.283 e. The molecule has 0 fully saturated rings. The number of rotatable bonds is 7. The van der Waals surface area contributed by atoms with Gasteiger partial charge in [-0.1, -0.05) is 18.2 Å². The Morgan fingerprint density at radius 3 is 2.24 bits per heavy atom. The first kappa shape index (κ1) is 17.9. The molecule has 0 saturated carbocycles. The van der Waals surface area contributed by atoms with Crippen LogP contribution in [0.3, 0.4) is 0 Å². The van der Waals surface area contributed by atoms with Crippen LogP contribution in [0.4, 0.5) is 5.69 Å². The molecule has 0 aliphatic heterocycles. The third-order valence-corrected chi connectivity index (χ3v) is 5.14. The first-order valence-electron chi connectivity index (χ1n) is 6.31. The summed E-state index contributed by atoms with van der Waals surface area (Å²) in [6.45, 7) is 3.52. The van der Waals surface area contributed by atoms with Crippen molar-refractivity contribution in [2.24, 2.45) is 0 Å². The molecule has 0 bridgehead atoms. The normalized spacial score (nSPS) is 12.9. The summed E-state index contributed by atoms with van der Waals surface area (Å²) in [5.74, 6) is 0. The molecular formula is C12H21N3O4S2. The van der Waals surface area contributed by atoms with Gasteiger partial charge in [0.05, 0.1) is 11.9 Å². The fourth-order valence-corrected chi connectivity index (χ4v) is 3.22. The molecule has 7 nitrogen and oxygen atoms in total. The predicted molar refractivity (Wildman–Crippen MR) is 83.6 cm³/mol. The van der Waals surface area contributed by atoms with E-state index in [0.717, 1.165) is 6.26 Å². The number of nitrogens with one attached hydrogen (secondary N) is 2. The molecule has 9 heteroatoms. The Labute approximate surface area is 126 Å². The van der Waals surface area contributed by atoms with Crippen LogP contribution in [0.25, 0.3) is 0 Å². The van der Waals surface area contributed by atoms with E-state index >= 15 is 0 Å². The number of sulfonamides is 1. The van der Waals surface area contributed by atoms with E-state index < -0.39 is 20.2 Å². The van der Waals surface area contributed by atoms with Crippen LogP contribution in [0, 0.1) is 0 Å². The smallest absolute Gasteiger partial charge is 0.279 e. The summed E-state index contributed by atoms with van der Waals surface area (Å²) in [6, 6.07) is 6.45. The lowest BCUT2D eigenvalue weighted by atomic mass is 10.2. The first-order chi connectivity index (χ1) is 9.53. The first-order valence-corrected chi connectivity index (χ1v) is 9.64. The molecule has 0 saturated heterocycles. The summed E-state index contributed by atoms with van der Waals surface area (Å²) in [4.78, 5) is 0. The van der Waals surface area contributed by atoms with Crippen molar-refractivity contribution < 1.29 is 16.8 Å². The maximum atomic E-state index is 12.0. The Kier molecular flexibility index (Phi) is 5.74. The average molecular weight is 335 g/mol. The molecule has 0 unspecified atom stereocenters. The molecule has 0 aliphatic carbocycles. The van der Waals surface area contributed by atoms with E-state index in [1.807, 2.05) is 0 Å². The van der Waals surface area contributed by atoms with Crippen LogP contribution in [-0.4, -0.2) is 40.5 Å². The quantitative estimate of drug-likeness (QED) is 0.768. The molecule has 0 amide bonds. The summed E-state index contributed by atoms with van der Waals surface area (Å²) in [7, 11) is -5.55. The van der Waals surface area contributed by atoms with E-state index in [1.165, 1.54) is 11.4 Å². The Balaban J connectivity index is 2.90. The maximum Gasteiger partial charge on any atom is 0.279 e. The van der Waals surface area contributed by atoms with E-state index in [-0.39, 0.29) is 12.6 Å². The minimum atomic E-state index is -3.61. The van der Waals surface area contributed by atoms with Crippen molar-refractivity contribution in [3.63, 3.8) is 0 Å². The van der Waals surface area contributed by atoms with Crippen LogP contribution in [0.2, 0.25) is 0 Å². The lowest BCUT2D eigenvalue weighted by Gasteiger charge is -2.21. The number of anilines is 1. The fraction of sp³-hybridized carbons (Fsp3) is 0.500. The van der Waals surface area contributed by atoms with E-state index in [4.69, 9.17) is 0 Å². The highest BCUT2D eigenvalue weighted by Gasteiger charge is 2.20. The molecule has 0 aromatic heterocycles. The summed E-state index contributed by atoms with van der Waals surface area (Å²) in [5, 5.41) is 0. The van der Waals surface area contributed by atoms with Gasteiger partial charge in [0.2, 0.25) is 10.0 Å². The predicted octanol–water partition coefficient (Wildman–Crippen LogP) is 0.733. The van der Waals surface area contributed by atoms with Crippen molar-refractivity contribution in [2.45, 2.75) is 26.4 Å². The van der Waals surface area contributed by atoms with Crippen LogP contribution in [0.1, 0.15) is 19.4 Å². The van der Waals surface area contributed by atoms with Gasteiger partial charge in [0.1, 0.15) is 0 Å². The summed E-state index contributed by atoms with van der Waals surface area (Å²) in [5.41, 5.74) is 0.901. The van der Waals surface area contributed by atoms with Crippen molar-refractivity contribution in [3.05, 3.63) is 29.8 Å². The summed E-state index contributed by atoms with van der Waals surface area (Å²) < 4.78 is 52.6. The average Bonchev–Trinajstić information content (AvgIpc) is 2.35. The van der Waals surface area contributed by atoms with Crippen LogP contribution >= 0.6 is 0 Å². The molecule has 0 heterocycles. The van der Waals surface area contributed by atoms with Gasteiger partial charge < -0.3 is 0 Å². The molecule has 0 aliphatic rings. The Morgan fingerprint density at radius 2 is 1.71 bits per heavy atom. The zero-order chi connectivity index (χ0) is 16.3. The third-order valence-electron chi connectivity index (χ3n) is 2.86. The number of hydrogen-bond donors (Lipinski definition) is 2. The van der Waals surface area contributed by atoms with Crippen molar-refractivity contribution >= 4 is 25.9 Å². The fourth-order valence-electron chi connectivity index (χ4n) is 1.52. The molecule has 2 N–H and O–H groups in total. The van der Waals surface area contributed by atoms with Gasteiger partial charge in [-0.3, -0.25) is 4.72 Å². The topological polar surface area (TPSA) is 95.6 Å². The highest BCUT2D eigenvalue weighted by molar-refractivity contribution is 7.92. The standard InChI is InChI=1S/C12H21N3O4S2/c1-10(2)15(3)21(18,19)13-9-11-7-5-6-8-12(11)14-20(4,16)17/h5-8,10,13-14H,9H2,1-4H3. The number of para-hydroxylation sites is 1.